The minimum Gasteiger partial charge on any atom is -0.461 e. The predicted octanol–water partition coefficient (Wildman–Crippen LogP) is 2.04. The van der Waals surface area contributed by atoms with Crippen LogP contribution in [0.2, 0.25) is 0 Å². The number of carbonyl (C=O) groups is 3. The number of esters is 1. The largest absolute Gasteiger partial charge is 0.461 e. The fourth-order valence-corrected chi connectivity index (χ4v) is 13.2. The summed E-state index contributed by atoms with van der Waals surface area (Å²) in [7, 11) is 6.70. The highest BCUT2D eigenvalue weighted by atomic mass is 16.5. The number of rotatable bonds is 9. The molecule has 5 saturated carbocycles. The molecule has 268 valence electrons. The maximum absolute atomic E-state index is 14.1. The van der Waals surface area contributed by atoms with E-state index in [9.17, 15) is 24.6 Å². The standard InChI is InChI=1S/C37H50N2O10/c1-7-38-17-34(18-49-32(42)20-10-8-9-11-23(20)39-26(40)14-19(2)31(39)41)13-12-25(46-4)36-22-15-21-24(45-3)16-35(43,27(22)28(21)47-5)37(44,33(36)38)30(48-6)29(34)36/h8-11,19,21-22,24-25,27-30,33,43-44H,7,12-18H2,1-6H3/t19-,21+,22+,24-,25?,27?,28?,29+,30-,33?,34-,35+,36?,37?/m0/s1. The Labute approximate surface area is 287 Å². The van der Waals surface area contributed by atoms with Gasteiger partial charge in [-0.25, -0.2) is 9.69 Å². The van der Waals surface area contributed by atoms with Crippen LogP contribution in [-0.2, 0) is 33.3 Å². The maximum Gasteiger partial charge on any atom is 0.340 e. The van der Waals surface area contributed by atoms with Crippen molar-refractivity contribution in [2.45, 2.75) is 87.6 Å². The first-order chi connectivity index (χ1) is 23.4. The summed E-state index contributed by atoms with van der Waals surface area (Å²) < 4.78 is 31.4. The van der Waals surface area contributed by atoms with Crippen LogP contribution in [0.25, 0.3) is 0 Å². The molecule has 49 heavy (non-hydrogen) atoms. The number of likely N-dealkylation sites (N-methyl/N-ethyl adjacent to an activating group) is 1. The summed E-state index contributed by atoms with van der Waals surface area (Å²) in [6.45, 7) is 4.95. The molecule has 12 nitrogen and oxygen atoms in total. The molecule has 7 bridgehead atoms. The molecule has 2 amide bonds. The molecule has 7 fully saturated rings. The summed E-state index contributed by atoms with van der Waals surface area (Å²) in [4.78, 5) is 43.3. The van der Waals surface area contributed by atoms with Crippen molar-refractivity contribution in [3.8, 4) is 0 Å². The second-order valence-corrected chi connectivity index (χ2v) is 16.0. The van der Waals surface area contributed by atoms with Gasteiger partial charge in [0.05, 0.1) is 48.3 Å². The van der Waals surface area contributed by atoms with Crippen molar-refractivity contribution in [3.05, 3.63) is 29.8 Å². The SMILES string of the molecule is CCN1C[C@]2(COC(=O)c3ccccc3N3C(=O)C[C@H](C)C3=O)CCC(OC)C34C1C(O)([C@@H](OC)[C@@H]32)[C@@]1(O)C[C@H](OC)[C@H]2C[C@@H]4C1C2OC. The minimum atomic E-state index is -1.70. The van der Waals surface area contributed by atoms with Crippen molar-refractivity contribution in [3.63, 3.8) is 0 Å². The van der Waals surface area contributed by atoms with Gasteiger partial charge in [-0.05, 0) is 43.9 Å². The quantitative estimate of drug-likeness (QED) is 0.292. The van der Waals surface area contributed by atoms with Gasteiger partial charge in [-0.3, -0.25) is 14.5 Å². The number of nitrogens with zero attached hydrogens (tertiary/aromatic N) is 2. The van der Waals surface area contributed by atoms with E-state index in [0.29, 0.717) is 25.9 Å². The Morgan fingerprint density at radius 2 is 1.80 bits per heavy atom. The third-order valence-corrected chi connectivity index (χ3v) is 14.5. The molecule has 12 heteroatoms. The van der Waals surface area contributed by atoms with Crippen LogP contribution in [0, 0.1) is 40.4 Å². The number of aliphatic hydroxyl groups is 2. The summed E-state index contributed by atoms with van der Waals surface area (Å²) in [5.74, 6) is -2.47. The Morgan fingerprint density at radius 1 is 1.04 bits per heavy atom. The monoisotopic (exact) mass is 682 g/mol. The van der Waals surface area contributed by atoms with E-state index in [2.05, 4.69) is 11.8 Å². The van der Waals surface area contributed by atoms with Gasteiger partial charge in [-0.2, -0.15) is 0 Å². The van der Waals surface area contributed by atoms with Gasteiger partial charge in [0.2, 0.25) is 11.8 Å². The van der Waals surface area contributed by atoms with Gasteiger partial charge in [-0.15, -0.1) is 0 Å². The fraction of sp³-hybridized carbons (Fsp3) is 0.757. The predicted molar refractivity (Wildman–Crippen MR) is 174 cm³/mol. The highest BCUT2D eigenvalue weighted by molar-refractivity contribution is 6.22. The van der Waals surface area contributed by atoms with Crippen LogP contribution in [0.4, 0.5) is 5.69 Å². The molecule has 14 atom stereocenters. The van der Waals surface area contributed by atoms with Crippen molar-refractivity contribution in [1.82, 2.24) is 4.90 Å². The average Bonchev–Trinajstić information content (AvgIpc) is 3.63. The number of methoxy groups -OCH3 is 4. The summed E-state index contributed by atoms with van der Waals surface area (Å²) in [6, 6.07) is 6.12. The lowest BCUT2D eigenvalue weighted by atomic mass is 9.42. The Bertz CT molecular complexity index is 1560. The van der Waals surface area contributed by atoms with Crippen LogP contribution in [0.15, 0.2) is 24.3 Å². The van der Waals surface area contributed by atoms with Gasteiger partial charge < -0.3 is 33.9 Å². The molecule has 1 aromatic rings. The number of hydrogen-bond donors (Lipinski definition) is 2. The lowest BCUT2D eigenvalue weighted by Crippen LogP contribution is -2.82. The van der Waals surface area contributed by atoms with Crippen molar-refractivity contribution in [2.75, 3.05) is 53.0 Å². The zero-order valence-corrected chi connectivity index (χ0v) is 29.3. The lowest BCUT2D eigenvalue weighted by molar-refractivity contribution is -0.320. The van der Waals surface area contributed by atoms with Gasteiger partial charge in [0.1, 0.15) is 11.2 Å². The van der Waals surface area contributed by atoms with Crippen LogP contribution in [-0.4, -0.2) is 123 Å². The number of likely N-dealkylation sites (tertiary alicyclic amines) is 1. The topological polar surface area (TPSA) is 144 Å². The number of benzene rings is 1. The average molecular weight is 683 g/mol. The minimum absolute atomic E-state index is 0.0358. The van der Waals surface area contributed by atoms with E-state index in [0.717, 1.165) is 11.3 Å². The molecule has 8 rings (SSSR count). The molecule has 0 aromatic heterocycles. The number of anilines is 1. The third-order valence-electron chi connectivity index (χ3n) is 14.5. The smallest absolute Gasteiger partial charge is 0.340 e. The number of fused-ring (bicyclic) bond motifs is 2. The third kappa shape index (κ3) is 3.86. The van der Waals surface area contributed by atoms with Crippen molar-refractivity contribution < 1.29 is 48.3 Å². The van der Waals surface area contributed by atoms with Gasteiger partial charge in [0.25, 0.3) is 0 Å². The molecule has 1 spiro atoms. The lowest BCUT2D eigenvalue weighted by Gasteiger charge is -2.70. The van der Waals surface area contributed by atoms with Gasteiger partial charge >= 0.3 is 5.97 Å². The molecule has 2 heterocycles. The molecule has 2 aliphatic heterocycles. The summed E-state index contributed by atoms with van der Waals surface area (Å²) in [6.07, 6.45) is 0.813. The highest BCUT2D eigenvalue weighted by Crippen LogP contribution is 2.80. The number of piperidine rings is 1. The highest BCUT2D eigenvalue weighted by Gasteiger charge is 2.91. The Morgan fingerprint density at radius 3 is 2.43 bits per heavy atom. The van der Waals surface area contributed by atoms with E-state index in [1.165, 1.54) is 0 Å². The molecule has 1 aromatic carbocycles. The first-order valence-electron chi connectivity index (χ1n) is 17.9. The number of para-hydroxylation sites is 1. The van der Waals surface area contributed by atoms with Crippen LogP contribution in [0.1, 0.15) is 56.3 Å². The van der Waals surface area contributed by atoms with E-state index in [1.54, 1.807) is 59.6 Å². The van der Waals surface area contributed by atoms with E-state index in [4.69, 9.17) is 23.7 Å². The number of carbonyl (C=O) groups excluding carboxylic acids is 3. The molecular formula is C37H50N2O10. The van der Waals surface area contributed by atoms with E-state index >= 15 is 0 Å². The van der Waals surface area contributed by atoms with Crippen molar-refractivity contribution in [2.24, 2.45) is 40.4 Å². The molecule has 6 unspecified atom stereocenters. The number of amides is 2. The first kappa shape index (κ1) is 33.7. The van der Waals surface area contributed by atoms with E-state index in [-0.39, 0.29) is 84.5 Å². The maximum atomic E-state index is 14.1. The van der Waals surface area contributed by atoms with Crippen LogP contribution < -0.4 is 4.90 Å². The Hall–Kier alpha value is -2.45. The summed E-state index contributed by atoms with van der Waals surface area (Å²) >= 11 is 0. The van der Waals surface area contributed by atoms with E-state index < -0.39 is 46.1 Å². The number of hydrogen-bond acceptors (Lipinski definition) is 11. The molecule has 5 aliphatic carbocycles. The number of imide groups is 1. The molecule has 2 N–H and O–H groups in total. The number of ether oxygens (including phenoxy) is 5. The second-order valence-electron chi connectivity index (χ2n) is 16.0. The first-order valence-corrected chi connectivity index (χ1v) is 17.9. The summed E-state index contributed by atoms with van der Waals surface area (Å²) in [5.41, 5.74) is -4.17. The molecular weight excluding hydrogens is 632 g/mol. The second kappa shape index (κ2) is 11.3. The Kier molecular flexibility index (Phi) is 7.75. The van der Waals surface area contributed by atoms with Crippen LogP contribution in [0.5, 0.6) is 0 Å². The molecule has 0 radical (unpaired) electrons. The van der Waals surface area contributed by atoms with Crippen LogP contribution in [0.3, 0.4) is 0 Å². The summed E-state index contributed by atoms with van der Waals surface area (Å²) in [5, 5.41) is 26.6. The van der Waals surface area contributed by atoms with Gasteiger partial charge in [-0.1, -0.05) is 26.0 Å². The normalized spacial score (nSPS) is 48.0. The van der Waals surface area contributed by atoms with Gasteiger partial charge in [0, 0.05) is 82.3 Å². The fourth-order valence-electron chi connectivity index (χ4n) is 13.2. The van der Waals surface area contributed by atoms with Crippen molar-refractivity contribution in [1.29, 1.82) is 0 Å². The van der Waals surface area contributed by atoms with Crippen molar-refractivity contribution >= 4 is 23.5 Å². The molecule has 2 saturated heterocycles. The zero-order valence-electron chi connectivity index (χ0n) is 29.3. The van der Waals surface area contributed by atoms with Crippen LogP contribution >= 0.6 is 0 Å². The molecule has 7 aliphatic rings. The van der Waals surface area contributed by atoms with E-state index in [1.807, 2.05) is 0 Å². The zero-order chi connectivity index (χ0) is 34.8. The van der Waals surface area contributed by atoms with Gasteiger partial charge in [0.15, 0.2) is 0 Å². The Balaban J connectivity index is 1.23.